The van der Waals surface area contributed by atoms with Crippen LogP contribution in [0.4, 0.5) is 0 Å². The van der Waals surface area contributed by atoms with Crippen LogP contribution in [0.2, 0.25) is 0 Å². The van der Waals surface area contributed by atoms with Crippen LogP contribution in [0.15, 0.2) is 61.2 Å². The molecule has 0 aliphatic heterocycles. The quantitative estimate of drug-likeness (QED) is 0.717. The van der Waals surface area contributed by atoms with E-state index in [9.17, 15) is 0 Å². The Morgan fingerprint density at radius 2 is 1.89 bits per heavy atom. The van der Waals surface area contributed by atoms with Crippen molar-refractivity contribution in [2.45, 2.75) is 0 Å². The molecule has 0 spiro atoms. The van der Waals surface area contributed by atoms with E-state index in [1.54, 1.807) is 0 Å². The third-order valence-corrected chi connectivity index (χ3v) is 2.74. The van der Waals surface area contributed by atoms with Crippen molar-refractivity contribution in [3.8, 4) is 22.9 Å². The Labute approximate surface area is 111 Å². The second-order valence-corrected chi connectivity index (χ2v) is 4.22. The van der Waals surface area contributed by atoms with Gasteiger partial charge in [0.05, 0.1) is 5.69 Å². The summed E-state index contributed by atoms with van der Waals surface area (Å²) >= 11 is 0. The molecule has 3 rings (SSSR count). The maximum atomic E-state index is 5.69. The second kappa shape index (κ2) is 4.94. The molecule has 2 heterocycles. The molecular formula is C15H13N3O. The molecule has 0 atom stereocenters. The van der Waals surface area contributed by atoms with Gasteiger partial charge in [-0.2, -0.15) is 0 Å². The van der Waals surface area contributed by atoms with Gasteiger partial charge in [-0.15, -0.1) is 0 Å². The molecule has 0 radical (unpaired) electrons. The maximum Gasteiger partial charge on any atom is 0.222 e. The highest BCUT2D eigenvalue weighted by Gasteiger charge is 2.04. The van der Waals surface area contributed by atoms with Gasteiger partial charge in [0.25, 0.3) is 0 Å². The van der Waals surface area contributed by atoms with Crippen LogP contribution < -0.4 is 4.74 Å². The van der Waals surface area contributed by atoms with Gasteiger partial charge in [0.15, 0.2) is 0 Å². The zero-order valence-electron chi connectivity index (χ0n) is 10.5. The van der Waals surface area contributed by atoms with Gasteiger partial charge in [-0.1, -0.05) is 18.2 Å². The summed E-state index contributed by atoms with van der Waals surface area (Å²) in [5, 5.41) is 0. The maximum absolute atomic E-state index is 5.69. The minimum Gasteiger partial charge on any atom is -0.439 e. The normalized spacial score (nSPS) is 10.4. The first kappa shape index (κ1) is 11.5. The molecule has 0 unspecified atom stereocenters. The average molecular weight is 251 g/mol. The van der Waals surface area contributed by atoms with Crippen LogP contribution in [0.5, 0.6) is 11.6 Å². The number of benzene rings is 1. The molecule has 0 aliphatic carbocycles. The molecule has 2 aromatic heterocycles. The first-order valence-corrected chi connectivity index (χ1v) is 5.98. The highest BCUT2D eigenvalue weighted by Crippen LogP contribution is 2.23. The molecule has 0 N–H and O–H groups in total. The van der Waals surface area contributed by atoms with E-state index in [2.05, 4.69) is 9.97 Å². The lowest BCUT2D eigenvalue weighted by Gasteiger charge is -2.05. The molecular weight excluding hydrogens is 238 g/mol. The minimum atomic E-state index is 0.542. The average Bonchev–Trinajstić information content (AvgIpc) is 2.87. The lowest BCUT2D eigenvalue weighted by molar-refractivity contribution is 0.462. The smallest absolute Gasteiger partial charge is 0.222 e. The fourth-order valence-electron chi connectivity index (χ4n) is 1.82. The van der Waals surface area contributed by atoms with Crippen molar-refractivity contribution in [1.29, 1.82) is 0 Å². The van der Waals surface area contributed by atoms with Gasteiger partial charge >= 0.3 is 0 Å². The number of hydrogen-bond donors (Lipinski definition) is 0. The van der Waals surface area contributed by atoms with Gasteiger partial charge < -0.3 is 9.30 Å². The van der Waals surface area contributed by atoms with Crippen LogP contribution in [0, 0.1) is 0 Å². The Hall–Kier alpha value is -2.62. The largest absolute Gasteiger partial charge is 0.439 e. The highest BCUT2D eigenvalue weighted by molar-refractivity contribution is 5.59. The summed E-state index contributed by atoms with van der Waals surface area (Å²) in [4.78, 5) is 8.39. The number of aryl methyl sites for hydroxylation is 1. The first-order valence-electron chi connectivity index (χ1n) is 5.98. The van der Waals surface area contributed by atoms with Gasteiger partial charge in [0.1, 0.15) is 12.1 Å². The predicted molar refractivity (Wildman–Crippen MR) is 73.0 cm³/mol. The zero-order valence-corrected chi connectivity index (χ0v) is 10.5. The molecule has 3 aromatic rings. The fourth-order valence-corrected chi connectivity index (χ4v) is 1.82. The lowest BCUT2D eigenvalue weighted by Crippen LogP contribution is -1.90. The van der Waals surface area contributed by atoms with Crippen LogP contribution >= 0.6 is 0 Å². The number of hydrogen-bond acceptors (Lipinski definition) is 3. The summed E-state index contributed by atoms with van der Waals surface area (Å²) in [7, 11) is 1.98. The van der Waals surface area contributed by atoms with Crippen LogP contribution in [0.3, 0.4) is 0 Å². The molecule has 0 saturated heterocycles. The van der Waals surface area contributed by atoms with E-state index in [4.69, 9.17) is 4.74 Å². The molecule has 0 bridgehead atoms. The first-order chi connectivity index (χ1) is 9.31. The van der Waals surface area contributed by atoms with E-state index in [1.165, 1.54) is 6.33 Å². The van der Waals surface area contributed by atoms with Crippen molar-refractivity contribution < 1.29 is 4.74 Å². The van der Waals surface area contributed by atoms with Crippen molar-refractivity contribution in [1.82, 2.24) is 14.5 Å². The third kappa shape index (κ3) is 2.63. The van der Waals surface area contributed by atoms with Crippen LogP contribution in [-0.2, 0) is 7.05 Å². The number of para-hydroxylation sites is 1. The van der Waals surface area contributed by atoms with Crippen molar-refractivity contribution in [3.05, 3.63) is 61.2 Å². The Morgan fingerprint density at radius 3 is 2.63 bits per heavy atom. The van der Waals surface area contributed by atoms with E-state index in [0.717, 1.165) is 17.0 Å². The van der Waals surface area contributed by atoms with Gasteiger partial charge in [-0.05, 0) is 18.2 Å². The van der Waals surface area contributed by atoms with Gasteiger partial charge in [0, 0.05) is 31.1 Å². The highest BCUT2D eigenvalue weighted by atomic mass is 16.5. The number of rotatable bonds is 3. The van der Waals surface area contributed by atoms with E-state index in [-0.39, 0.29) is 0 Å². The summed E-state index contributed by atoms with van der Waals surface area (Å²) in [5.41, 5.74) is 1.89. The van der Waals surface area contributed by atoms with E-state index >= 15 is 0 Å². The molecule has 4 nitrogen and oxygen atoms in total. The molecule has 0 amide bonds. The molecule has 0 saturated carbocycles. The van der Waals surface area contributed by atoms with E-state index in [0.29, 0.717) is 5.88 Å². The Morgan fingerprint density at radius 1 is 1.05 bits per heavy atom. The van der Waals surface area contributed by atoms with Gasteiger partial charge in [-0.3, -0.25) is 0 Å². The second-order valence-electron chi connectivity index (χ2n) is 4.22. The molecule has 0 fully saturated rings. The van der Waals surface area contributed by atoms with Gasteiger partial charge in [-0.25, -0.2) is 9.97 Å². The van der Waals surface area contributed by atoms with Crippen molar-refractivity contribution in [2.24, 2.45) is 7.05 Å². The van der Waals surface area contributed by atoms with Crippen LogP contribution in [-0.4, -0.2) is 14.5 Å². The summed E-state index contributed by atoms with van der Waals surface area (Å²) in [5.74, 6) is 1.31. The number of aromatic nitrogens is 3. The van der Waals surface area contributed by atoms with Crippen molar-refractivity contribution in [3.63, 3.8) is 0 Å². The lowest BCUT2D eigenvalue weighted by atomic mass is 10.2. The SMILES string of the molecule is Cn1ccc(-c2cc(Oc3ccccc3)ncn2)c1. The molecule has 94 valence electrons. The number of ether oxygens (including phenoxy) is 1. The molecule has 4 heteroatoms. The monoisotopic (exact) mass is 251 g/mol. The van der Waals surface area contributed by atoms with E-state index < -0.39 is 0 Å². The Balaban J connectivity index is 1.88. The molecule has 19 heavy (non-hydrogen) atoms. The summed E-state index contributed by atoms with van der Waals surface area (Å²) in [6.45, 7) is 0. The van der Waals surface area contributed by atoms with Crippen LogP contribution in [0.1, 0.15) is 0 Å². The summed E-state index contributed by atoms with van der Waals surface area (Å²) < 4.78 is 7.67. The van der Waals surface area contributed by atoms with Crippen molar-refractivity contribution in [2.75, 3.05) is 0 Å². The van der Waals surface area contributed by atoms with Crippen molar-refractivity contribution >= 4 is 0 Å². The minimum absolute atomic E-state index is 0.542. The Bertz CT molecular complexity index is 677. The summed E-state index contributed by atoms with van der Waals surface area (Å²) in [6.07, 6.45) is 5.50. The summed E-state index contributed by atoms with van der Waals surface area (Å²) in [6, 6.07) is 13.4. The zero-order chi connectivity index (χ0) is 13.1. The Kier molecular flexibility index (Phi) is 2.98. The predicted octanol–water partition coefficient (Wildman–Crippen LogP) is 3.27. The number of nitrogens with zero attached hydrogens (tertiary/aromatic N) is 3. The third-order valence-electron chi connectivity index (χ3n) is 2.74. The fraction of sp³-hybridized carbons (Fsp3) is 0.0667. The standard InChI is InChI=1S/C15H13N3O/c1-18-8-7-12(10-18)14-9-15(17-11-16-14)19-13-5-3-2-4-6-13/h2-11H,1H3. The topological polar surface area (TPSA) is 39.9 Å². The van der Waals surface area contributed by atoms with Gasteiger partial charge in [0.2, 0.25) is 5.88 Å². The van der Waals surface area contributed by atoms with Crippen LogP contribution in [0.25, 0.3) is 11.3 Å². The van der Waals surface area contributed by atoms with E-state index in [1.807, 2.05) is 66.5 Å². The molecule has 1 aromatic carbocycles. The molecule has 0 aliphatic rings.